The van der Waals surface area contributed by atoms with Crippen molar-refractivity contribution in [2.45, 2.75) is 19.4 Å². The lowest BCUT2D eigenvalue weighted by Gasteiger charge is -2.15. The molecule has 0 saturated heterocycles. The summed E-state index contributed by atoms with van der Waals surface area (Å²) in [6.45, 7) is 2.09. The van der Waals surface area contributed by atoms with Crippen molar-refractivity contribution >= 4 is 5.82 Å². The van der Waals surface area contributed by atoms with Gasteiger partial charge in [-0.15, -0.1) is 0 Å². The fraction of sp³-hybridized carbons (Fsp3) is 0.308. The molecule has 2 aromatic rings. The third-order valence-electron chi connectivity index (χ3n) is 2.83. The van der Waals surface area contributed by atoms with Crippen molar-refractivity contribution in [3.05, 3.63) is 42.1 Å². The Balaban J connectivity index is 2.18. The Morgan fingerprint density at radius 3 is 2.76 bits per heavy atom. The lowest BCUT2D eigenvalue weighted by molar-refractivity contribution is 0.402. The van der Waals surface area contributed by atoms with Crippen LogP contribution in [0.25, 0.3) is 0 Å². The van der Waals surface area contributed by atoms with Gasteiger partial charge in [0.1, 0.15) is 11.6 Å². The minimum absolute atomic E-state index is 0.210. The van der Waals surface area contributed by atoms with Gasteiger partial charge in [-0.3, -0.25) is 0 Å². The van der Waals surface area contributed by atoms with Gasteiger partial charge in [0.25, 0.3) is 0 Å². The lowest BCUT2D eigenvalue weighted by Crippen LogP contribution is -2.12. The average molecular weight is 231 g/mol. The van der Waals surface area contributed by atoms with Gasteiger partial charge in [-0.25, -0.2) is 4.68 Å². The number of anilines is 1. The summed E-state index contributed by atoms with van der Waals surface area (Å²) >= 11 is 0. The summed E-state index contributed by atoms with van der Waals surface area (Å²) in [4.78, 5) is 0. The molecule has 1 unspecified atom stereocenters. The molecule has 1 heterocycles. The van der Waals surface area contributed by atoms with Gasteiger partial charge < -0.3 is 10.5 Å². The summed E-state index contributed by atoms with van der Waals surface area (Å²) in [6.07, 6.45) is 2.56. The monoisotopic (exact) mass is 231 g/mol. The van der Waals surface area contributed by atoms with Crippen LogP contribution in [0.5, 0.6) is 5.75 Å². The highest BCUT2D eigenvalue weighted by molar-refractivity contribution is 5.34. The number of methoxy groups -OCH3 is 1. The SMILES string of the molecule is COc1ccccc1CC(C)n1nccc1N. The molecular weight excluding hydrogens is 214 g/mol. The van der Waals surface area contributed by atoms with Crippen molar-refractivity contribution in [1.29, 1.82) is 0 Å². The number of ether oxygens (including phenoxy) is 1. The van der Waals surface area contributed by atoms with Crippen LogP contribution in [0, 0.1) is 0 Å². The third-order valence-corrected chi connectivity index (χ3v) is 2.83. The molecule has 0 bridgehead atoms. The highest BCUT2D eigenvalue weighted by atomic mass is 16.5. The number of nitrogens with two attached hydrogens (primary N) is 1. The Bertz CT molecular complexity index is 493. The quantitative estimate of drug-likeness (QED) is 0.878. The molecule has 2 rings (SSSR count). The molecule has 17 heavy (non-hydrogen) atoms. The molecule has 1 atom stereocenters. The van der Waals surface area contributed by atoms with Crippen LogP contribution in [0.3, 0.4) is 0 Å². The summed E-state index contributed by atoms with van der Waals surface area (Å²) in [5.41, 5.74) is 7.00. The topological polar surface area (TPSA) is 53.1 Å². The number of hydrogen-bond donors (Lipinski definition) is 1. The second kappa shape index (κ2) is 4.91. The van der Waals surface area contributed by atoms with Crippen LogP contribution in [0.15, 0.2) is 36.5 Å². The van der Waals surface area contributed by atoms with Gasteiger partial charge in [-0.1, -0.05) is 18.2 Å². The van der Waals surface area contributed by atoms with E-state index in [4.69, 9.17) is 10.5 Å². The summed E-state index contributed by atoms with van der Waals surface area (Å²) in [5, 5.41) is 4.22. The standard InChI is InChI=1S/C13H17N3O/c1-10(16-13(14)7-8-15-16)9-11-5-3-4-6-12(11)17-2/h3-8,10H,9,14H2,1-2H3. The Morgan fingerprint density at radius 1 is 1.35 bits per heavy atom. The highest BCUT2D eigenvalue weighted by Gasteiger charge is 2.11. The summed E-state index contributed by atoms with van der Waals surface area (Å²) < 4.78 is 7.16. The van der Waals surface area contributed by atoms with Crippen LogP contribution >= 0.6 is 0 Å². The zero-order valence-corrected chi connectivity index (χ0v) is 10.1. The maximum atomic E-state index is 5.83. The molecule has 0 radical (unpaired) electrons. The van der Waals surface area contributed by atoms with E-state index in [0.717, 1.165) is 17.7 Å². The number of nitrogen functional groups attached to an aromatic ring is 1. The van der Waals surface area contributed by atoms with Crippen molar-refractivity contribution in [3.8, 4) is 5.75 Å². The van der Waals surface area contributed by atoms with E-state index >= 15 is 0 Å². The number of benzene rings is 1. The minimum atomic E-state index is 0.210. The zero-order chi connectivity index (χ0) is 12.3. The molecule has 0 amide bonds. The molecule has 0 saturated carbocycles. The highest BCUT2D eigenvalue weighted by Crippen LogP contribution is 2.23. The molecular formula is C13H17N3O. The molecule has 90 valence electrons. The first kappa shape index (κ1) is 11.5. The van der Waals surface area contributed by atoms with E-state index in [-0.39, 0.29) is 6.04 Å². The smallest absolute Gasteiger partial charge is 0.122 e. The van der Waals surface area contributed by atoms with Crippen LogP contribution in [0.2, 0.25) is 0 Å². The minimum Gasteiger partial charge on any atom is -0.496 e. The average Bonchev–Trinajstić information content (AvgIpc) is 2.76. The van der Waals surface area contributed by atoms with Crippen molar-refractivity contribution < 1.29 is 4.74 Å². The molecule has 0 aliphatic heterocycles. The fourth-order valence-electron chi connectivity index (χ4n) is 1.97. The Morgan fingerprint density at radius 2 is 2.12 bits per heavy atom. The predicted molar refractivity (Wildman–Crippen MR) is 68.0 cm³/mol. The van der Waals surface area contributed by atoms with E-state index in [0.29, 0.717) is 5.82 Å². The summed E-state index contributed by atoms with van der Waals surface area (Å²) in [5.74, 6) is 1.59. The first-order valence-corrected chi connectivity index (χ1v) is 5.63. The molecule has 2 N–H and O–H groups in total. The number of aromatic nitrogens is 2. The largest absolute Gasteiger partial charge is 0.496 e. The molecule has 0 aliphatic rings. The normalized spacial score (nSPS) is 12.4. The number of hydrogen-bond acceptors (Lipinski definition) is 3. The number of nitrogens with zero attached hydrogens (tertiary/aromatic N) is 2. The van der Waals surface area contributed by atoms with Gasteiger partial charge in [-0.05, 0) is 31.0 Å². The summed E-state index contributed by atoms with van der Waals surface area (Å²) in [7, 11) is 1.69. The van der Waals surface area contributed by atoms with Gasteiger partial charge in [-0.2, -0.15) is 5.10 Å². The van der Waals surface area contributed by atoms with Gasteiger partial charge in [0, 0.05) is 0 Å². The number of rotatable bonds is 4. The van der Waals surface area contributed by atoms with E-state index in [1.165, 1.54) is 0 Å². The number of para-hydroxylation sites is 1. The first-order chi connectivity index (χ1) is 8.22. The van der Waals surface area contributed by atoms with Gasteiger partial charge in [0.15, 0.2) is 0 Å². The molecule has 1 aromatic heterocycles. The molecule has 1 aromatic carbocycles. The molecule has 4 heteroatoms. The molecule has 0 aliphatic carbocycles. The lowest BCUT2D eigenvalue weighted by atomic mass is 10.1. The van der Waals surface area contributed by atoms with Crippen molar-refractivity contribution in [2.24, 2.45) is 0 Å². The van der Waals surface area contributed by atoms with Crippen molar-refractivity contribution in [3.63, 3.8) is 0 Å². The van der Waals surface area contributed by atoms with Gasteiger partial charge in [0.2, 0.25) is 0 Å². The van der Waals surface area contributed by atoms with Crippen LogP contribution in [0.4, 0.5) is 5.82 Å². The van der Waals surface area contributed by atoms with E-state index in [2.05, 4.69) is 18.1 Å². The summed E-state index contributed by atoms with van der Waals surface area (Å²) in [6, 6.07) is 10.0. The van der Waals surface area contributed by atoms with Crippen LogP contribution in [-0.4, -0.2) is 16.9 Å². The van der Waals surface area contributed by atoms with Crippen molar-refractivity contribution in [2.75, 3.05) is 12.8 Å². The zero-order valence-electron chi connectivity index (χ0n) is 10.1. The van der Waals surface area contributed by atoms with Crippen LogP contribution in [0.1, 0.15) is 18.5 Å². The van der Waals surface area contributed by atoms with Gasteiger partial charge in [0.05, 0.1) is 19.3 Å². The van der Waals surface area contributed by atoms with Crippen molar-refractivity contribution in [1.82, 2.24) is 9.78 Å². The van der Waals surface area contributed by atoms with Gasteiger partial charge >= 0.3 is 0 Å². The first-order valence-electron chi connectivity index (χ1n) is 5.63. The Hall–Kier alpha value is -1.97. The fourth-order valence-corrected chi connectivity index (χ4v) is 1.97. The maximum Gasteiger partial charge on any atom is 0.122 e. The third kappa shape index (κ3) is 2.41. The van der Waals surface area contributed by atoms with E-state index in [1.807, 2.05) is 22.9 Å². The molecule has 4 nitrogen and oxygen atoms in total. The second-order valence-electron chi connectivity index (χ2n) is 4.07. The van der Waals surface area contributed by atoms with Crippen LogP contribution in [-0.2, 0) is 6.42 Å². The van der Waals surface area contributed by atoms with E-state index < -0.39 is 0 Å². The van der Waals surface area contributed by atoms with E-state index in [9.17, 15) is 0 Å². The Labute approximate surface area is 101 Å². The Kier molecular flexibility index (Phi) is 3.32. The molecule has 0 fully saturated rings. The maximum absolute atomic E-state index is 5.83. The van der Waals surface area contributed by atoms with Crippen LogP contribution < -0.4 is 10.5 Å². The predicted octanol–water partition coefficient (Wildman–Crippen LogP) is 2.28. The van der Waals surface area contributed by atoms with E-state index in [1.54, 1.807) is 19.4 Å². The second-order valence-corrected chi connectivity index (χ2v) is 4.07. The molecule has 0 spiro atoms.